The summed E-state index contributed by atoms with van der Waals surface area (Å²) in [5.74, 6) is -0.0594. The first kappa shape index (κ1) is 18.9. The first-order chi connectivity index (χ1) is 14.5. The molecule has 0 aliphatic rings. The summed E-state index contributed by atoms with van der Waals surface area (Å²) in [5.41, 5.74) is 2.06. The van der Waals surface area contributed by atoms with E-state index in [2.05, 4.69) is 25.6 Å². The van der Waals surface area contributed by atoms with Gasteiger partial charge in [0.2, 0.25) is 11.6 Å². The highest BCUT2D eigenvalue weighted by molar-refractivity contribution is 5.95. The van der Waals surface area contributed by atoms with E-state index in [0.29, 0.717) is 16.9 Å². The Labute approximate surface area is 171 Å². The number of ketones is 1. The number of nitrogens with one attached hydrogen (secondary N) is 2. The number of pyridine rings is 1. The average molecular weight is 400 g/mol. The number of benzene rings is 2. The molecular weight excluding hydrogens is 384 g/mol. The number of aromatic nitrogens is 3. The summed E-state index contributed by atoms with van der Waals surface area (Å²) < 4.78 is 0. The summed E-state index contributed by atoms with van der Waals surface area (Å²) in [6, 6.07) is 15.8. The molecule has 0 radical (unpaired) electrons. The zero-order valence-electron chi connectivity index (χ0n) is 15.9. The van der Waals surface area contributed by atoms with Crippen molar-refractivity contribution in [2.75, 3.05) is 10.6 Å². The first-order valence-electron chi connectivity index (χ1n) is 9.01. The van der Waals surface area contributed by atoms with Crippen LogP contribution in [0.1, 0.15) is 17.3 Å². The second-order valence-electron chi connectivity index (χ2n) is 6.44. The standard InChI is InChI=1S/C21H16N6O3/c1-13(28)14-5-2-6-15(11-14)25-20-19(27(29)30)21(24-12-23-20)26-18-9-3-8-17-16(18)7-4-10-22-17/h2-12H,1H3,(H2,23,24,25,26). The van der Waals surface area contributed by atoms with E-state index in [-0.39, 0.29) is 23.1 Å². The second kappa shape index (κ2) is 7.92. The van der Waals surface area contributed by atoms with Gasteiger partial charge in [-0.2, -0.15) is 0 Å². The summed E-state index contributed by atoms with van der Waals surface area (Å²) in [6.07, 6.45) is 2.91. The van der Waals surface area contributed by atoms with Gasteiger partial charge in [0.05, 0.1) is 10.4 Å². The van der Waals surface area contributed by atoms with Crippen LogP contribution in [0.3, 0.4) is 0 Å². The summed E-state index contributed by atoms with van der Waals surface area (Å²) in [6.45, 7) is 1.45. The van der Waals surface area contributed by atoms with Crippen molar-refractivity contribution in [1.29, 1.82) is 0 Å². The van der Waals surface area contributed by atoms with Gasteiger partial charge in [-0.1, -0.05) is 18.2 Å². The minimum absolute atomic E-state index is 0.0107. The molecular formula is C21H16N6O3. The summed E-state index contributed by atoms with van der Waals surface area (Å²) in [7, 11) is 0. The van der Waals surface area contributed by atoms with Crippen LogP contribution in [-0.2, 0) is 0 Å². The molecule has 0 saturated heterocycles. The van der Waals surface area contributed by atoms with Gasteiger partial charge in [0.15, 0.2) is 5.78 Å². The van der Waals surface area contributed by atoms with E-state index in [9.17, 15) is 14.9 Å². The van der Waals surface area contributed by atoms with E-state index in [4.69, 9.17) is 0 Å². The molecule has 0 aliphatic heterocycles. The molecule has 9 nitrogen and oxygen atoms in total. The van der Waals surface area contributed by atoms with Gasteiger partial charge in [0, 0.05) is 28.5 Å². The molecule has 0 atom stereocenters. The van der Waals surface area contributed by atoms with Crippen molar-refractivity contribution in [2.45, 2.75) is 6.92 Å². The third kappa shape index (κ3) is 3.76. The molecule has 2 aromatic heterocycles. The maximum Gasteiger partial charge on any atom is 0.353 e. The van der Waals surface area contributed by atoms with Gasteiger partial charge in [-0.3, -0.25) is 19.9 Å². The number of hydrogen-bond donors (Lipinski definition) is 2. The van der Waals surface area contributed by atoms with Crippen molar-refractivity contribution in [3.63, 3.8) is 0 Å². The average Bonchev–Trinajstić information content (AvgIpc) is 2.74. The van der Waals surface area contributed by atoms with Crippen LogP contribution >= 0.6 is 0 Å². The van der Waals surface area contributed by atoms with E-state index in [1.54, 1.807) is 48.7 Å². The zero-order chi connectivity index (χ0) is 21.1. The van der Waals surface area contributed by atoms with Crippen molar-refractivity contribution >= 4 is 45.4 Å². The van der Waals surface area contributed by atoms with E-state index in [1.807, 2.05) is 12.1 Å². The molecule has 4 aromatic rings. The van der Waals surface area contributed by atoms with Crippen LogP contribution in [0.5, 0.6) is 0 Å². The van der Waals surface area contributed by atoms with Gasteiger partial charge in [-0.05, 0) is 43.3 Å². The maximum atomic E-state index is 11.8. The molecule has 2 heterocycles. The molecule has 0 amide bonds. The lowest BCUT2D eigenvalue weighted by Crippen LogP contribution is -2.06. The number of hydrogen-bond acceptors (Lipinski definition) is 8. The van der Waals surface area contributed by atoms with Crippen molar-refractivity contribution in [2.24, 2.45) is 0 Å². The Kier molecular flexibility index (Phi) is 5.00. The lowest BCUT2D eigenvalue weighted by molar-refractivity contribution is -0.383. The molecule has 4 rings (SSSR count). The fraction of sp³-hybridized carbons (Fsp3) is 0.0476. The minimum atomic E-state index is -0.553. The maximum absolute atomic E-state index is 11.8. The topological polar surface area (TPSA) is 123 Å². The van der Waals surface area contributed by atoms with Crippen molar-refractivity contribution < 1.29 is 9.72 Å². The SMILES string of the molecule is CC(=O)c1cccc(Nc2ncnc(Nc3cccc4ncccc34)c2[N+](=O)[O-])c1. The highest BCUT2D eigenvalue weighted by atomic mass is 16.6. The molecule has 30 heavy (non-hydrogen) atoms. The fourth-order valence-corrected chi connectivity index (χ4v) is 3.03. The smallest absolute Gasteiger partial charge is 0.334 e. The van der Waals surface area contributed by atoms with Crippen LogP contribution in [0.2, 0.25) is 0 Å². The number of anilines is 4. The molecule has 0 bridgehead atoms. The summed E-state index contributed by atoms with van der Waals surface area (Å²) in [5, 5.41) is 18.6. The van der Waals surface area contributed by atoms with Gasteiger partial charge in [0.1, 0.15) is 6.33 Å². The number of nitrogens with zero attached hydrogens (tertiary/aromatic N) is 4. The Hall–Kier alpha value is -4.40. The number of Topliss-reactive ketones (excluding diaryl/α,β-unsaturated/α-hetero) is 1. The van der Waals surface area contributed by atoms with Gasteiger partial charge in [-0.15, -0.1) is 0 Å². The quantitative estimate of drug-likeness (QED) is 0.273. The molecule has 2 aromatic carbocycles. The van der Waals surface area contributed by atoms with E-state index in [1.165, 1.54) is 13.3 Å². The van der Waals surface area contributed by atoms with Gasteiger partial charge >= 0.3 is 5.69 Å². The van der Waals surface area contributed by atoms with Crippen LogP contribution in [0.4, 0.5) is 28.7 Å². The van der Waals surface area contributed by atoms with Crippen molar-refractivity contribution in [1.82, 2.24) is 15.0 Å². The largest absolute Gasteiger partial charge is 0.353 e. The predicted octanol–water partition coefficient (Wildman–Crippen LogP) is 4.62. The Bertz CT molecular complexity index is 1270. The van der Waals surface area contributed by atoms with Gasteiger partial charge in [0.25, 0.3) is 0 Å². The number of carbonyl (C=O) groups excluding carboxylic acids is 1. The molecule has 2 N–H and O–H groups in total. The number of rotatable bonds is 6. The highest BCUT2D eigenvalue weighted by Gasteiger charge is 2.24. The van der Waals surface area contributed by atoms with Crippen molar-refractivity contribution in [3.8, 4) is 0 Å². The third-order valence-electron chi connectivity index (χ3n) is 4.44. The summed E-state index contributed by atoms with van der Waals surface area (Å²) in [4.78, 5) is 35.3. The van der Waals surface area contributed by atoms with Crippen LogP contribution in [0.25, 0.3) is 10.9 Å². The van der Waals surface area contributed by atoms with Gasteiger partial charge < -0.3 is 10.6 Å². The molecule has 9 heteroatoms. The first-order valence-corrected chi connectivity index (χ1v) is 9.01. The zero-order valence-corrected chi connectivity index (χ0v) is 15.9. The predicted molar refractivity (Wildman–Crippen MR) is 113 cm³/mol. The number of fused-ring (bicyclic) bond motifs is 1. The Morgan fingerprint density at radius 1 is 0.967 bits per heavy atom. The van der Waals surface area contributed by atoms with Crippen LogP contribution in [-0.4, -0.2) is 25.7 Å². The van der Waals surface area contributed by atoms with E-state index < -0.39 is 4.92 Å². The second-order valence-corrected chi connectivity index (χ2v) is 6.44. The fourth-order valence-electron chi connectivity index (χ4n) is 3.03. The van der Waals surface area contributed by atoms with Crippen LogP contribution < -0.4 is 10.6 Å². The number of carbonyl (C=O) groups is 1. The molecule has 0 spiro atoms. The van der Waals surface area contributed by atoms with E-state index in [0.717, 1.165) is 10.9 Å². The Balaban J connectivity index is 1.74. The van der Waals surface area contributed by atoms with Crippen molar-refractivity contribution in [3.05, 3.63) is 82.8 Å². The summed E-state index contributed by atoms with van der Waals surface area (Å²) >= 11 is 0. The molecule has 0 saturated carbocycles. The Morgan fingerprint density at radius 3 is 2.50 bits per heavy atom. The Morgan fingerprint density at radius 2 is 1.73 bits per heavy atom. The van der Waals surface area contributed by atoms with Crippen LogP contribution in [0.15, 0.2) is 67.1 Å². The minimum Gasteiger partial charge on any atom is -0.334 e. The molecule has 0 unspecified atom stereocenters. The monoisotopic (exact) mass is 400 g/mol. The number of nitro groups is 1. The molecule has 148 valence electrons. The normalized spacial score (nSPS) is 10.6. The van der Waals surface area contributed by atoms with Gasteiger partial charge in [-0.25, -0.2) is 9.97 Å². The molecule has 0 fully saturated rings. The third-order valence-corrected chi connectivity index (χ3v) is 4.44. The van der Waals surface area contributed by atoms with E-state index >= 15 is 0 Å². The highest BCUT2D eigenvalue weighted by Crippen LogP contribution is 2.34. The lowest BCUT2D eigenvalue weighted by Gasteiger charge is -2.12. The van der Waals surface area contributed by atoms with Crippen LogP contribution in [0, 0.1) is 10.1 Å². The molecule has 0 aliphatic carbocycles. The lowest BCUT2D eigenvalue weighted by atomic mass is 10.1.